The van der Waals surface area contributed by atoms with Gasteiger partial charge in [0.2, 0.25) is 5.91 Å². The Bertz CT molecular complexity index is 1440. The zero-order valence-corrected chi connectivity index (χ0v) is 19.0. The van der Waals surface area contributed by atoms with Gasteiger partial charge in [0.1, 0.15) is 11.1 Å². The van der Waals surface area contributed by atoms with Gasteiger partial charge in [0.25, 0.3) is 5.91 Å². The summed E-state index contributed by atoms with van der Waals surface area (Å²) in [6, 6.07) is 25.7. The number of halogens is 1. The Morgan fingerprint density at radius 2 is 1.59 bits per heavy atom. The van der Waals surface area contributed by atoms with Crippen molar-refractivity contribution in [3.05, 3.63) is 101 Å². The van der Waals surface area contributed by atoms with Crippen LogP contribution in [0, 0.1) is 12.8 Å². The number of imide groups is 1. The molecular weight excluding hydrogens is 450 g/mol. The van der Waals surface area contributed by atoms with Crippen molar-refractivity contribution in [3.63, 3.8) is 0 Å². The number of hydrogen-bond donors (Lipinski definition) is 0. The lowest BCUT2D eigenvalue weighted by Crippen LogP contribution is -2.37. The smallest absolute Gasteiger partial charge is 0.266 e. The van der Waals surface area contributed by atoms with Crippen LogP contribution >= 0.6 is 11.6 Å². The Morgan fingerprint density at radius 3 is 2.38 bits per heavy atom. The van der Waals surface area contributed by atoms with Crippen molar-refractivity contribution in [1.29, 1.82) is 0 Å². The second-order valence-corrected chi connectivity index (χ2v) is 8.88. The molecule has 1 aromatic heterocycles. The van der Waals surface area contributed by atoms with Crippen molar-refractivity contribution >= 4 is 45.7 Å². The number of nitrogens with zero attached hydrogens (tertiary/aromatic N) is 3. The number of carbonyl (C=O) groups is 2. The molecule has 0 bridgehead atoms. The molecule has 34 heavy (non-hydrogen) atoms. The number of amides is 2. The zero-order valence-electron chi connectivity index (χ0n) is 18.3. The summed E-state index contributed by atoms with van der Waals surface area (Å²) in [6.07, 6.45) is -0.958. The van der Waals surface area contributed by atoms with Gasteiger partial charge < -0.3 is 0 Å². The van der Waals surface area contributed by atoms with Crippen LogP contribution in [-0.4, -0.2) is 22.9 Å². The van der Waals surface area contributed by atoms with Gasteiger partial charge in [0, 0.05) is 10.9 Å². The van der Waals surface area contributed by atoms with E-state index in [-0.39, 0.29) is 17.0 Å². The van der Waals surface area contributed by atoms with Crippen LogP contribution < -0.4 is 9.96 Å². The lowest BCUT2D eigenvalue weighted by molar-refractivity contribution is -0.126. The van der Waals surface area contributed by atoms with Crippen LogP contribution in [0.1, 0.15) is 17.2 Å². The first kappa shape index (κ1) is 20.8. The summed E-state index contributed by atoms with van der Waals surface area (Å²) in [5.74, 6) is -1.46. The maximum absolute atomic E-state index is 13.8. The molecule has 0 N–H and O–H groups in total. The maximum atomic E-state index is 13.8. The molecule has 0 aliphatic carbocycles. The summed E-state index contributed by atoms with van der Waals surface area (Å²) in [5.41, 5.74) is 3.54. The summed E-state index contributed by atoms with van der Waals surface area (Å²) in [4.78, 5) is 39.4. The van der Waals surface area contributed by atoms with Crippen LogP contribution in [0.3, 0.4) is 0 Å². The largest absolute Gasteiger partial charge is 0.273 e. The third-order valence-electron chi connectivity index (χ3n) is 6.51. The van der Waals surface area contributed by atoms with Crippen LogP contribution in [0.4, 0.5) is 11.4 Å². The van der Waals surface area contributed by atoms with E-state index in [0.29, 0.717) is 11.3 Å². The minimum absolute atomic E-state index is 0.281. The van der Waals surface area contributed by atoms with Gasteiger partial charge in [-0.05, 0) is 42.8 Å². The van der Waals surface area contributed by atoms with Crippen LogP contribution in [0.2, 0.25) is 5.15 Å². The van der Waals surface area contributed by atoms with E-state index in [1.165, 1.54) is 4.90 Å². The number of pyridine rings is 1. The molecule has 0 radical (unpaired) electrons. The van der Waals surface area contributed by atoms with Crippen molar-refractivity contribution in [1.82, 2.24) is 4.98 Å². The van der Waals surface area contributed by atoms with Gasteiger partial charge in [-0.1, -0.05) is 66.2 Å². The van der Waals surface area contributed by atoms with Gasteiger partial charge in [-0.25, -0.2) is 14.9 Å². The maximum Gasteiger partial charge on any atom is 0.266 e. The fourth-order valence-corrected chi connectivity index (χ4v) is 5.15. The summed E-state index contributed by atoms with van der Waals surface area (Å²) in [6.45, 7) is 1.88. The minimum atomic E-state index is -0.958. The van der Waals surface area contributed by atoms with Gasteiger partial charge in [-0.2, -0.15) is 0 Å². The highest BCUT2D eigenvalue weighted by Gasteiger charge is 2.60. The molecule has 2 aliphatic heterocycles. The number of fused-ring (bicyclic) bond motifs is 2. The molecule has 7 heteroatoms. The van der Waals surface area contributed by atoms with Gasteiger partial charge >= 0.3 is 0 Å². The monoisotopic (exact) mass is 469 g/mol. The summed E-state index contributed by atoms with van der Waals surface area (Å²) < 4.78 is 0. The van der Waals surface area contributed by atoms with Crippen molar-refractivity contribution < 1.29 is 14.4 Å². The molecule has 0 saturated carbocycles. The first-order valence-electron chi connectivity index (χ1n) is 11.0. The second kappa shape index (κ2) is 7.94. The molecule has 2 fully saturated rings. The molecule has 2 aliphatic rings. The van der Waals surface area contributed by atoms with E-state index in [1.54, 1.807) is 11.1 Å². The molecule has 2 amide bonds. The second-order valence-electron chi connectivity index (χ2n) is 8.52. The van der Waals surface area contributed by atoms with E-state index in [4.69, 9.17) is 16.4 Å². The molecule has 4 aromatic rings. The number of aryl methyl sites for hydroxylation is 1. The Labute approximate surface area is 201 Å². The minimum Gasteiger partial charge on any atom is -0.273 e. The average molecular weight is 470 g/mol. The number of para-hydroxylation sites is 3. The Balaban J connectivity index is 1.51. The third kappa shape index (κ3) is 3.10. The Kier molecular flexibility index (Phi) is 4.86. The van der Waals surface area contributed by atoms with Crippen LogP contribution in [0.25, 0.3) is 10.9 Å². The van der Waals surface area contributed by atoms with E-state index in [1.807, 2.05) is 85.8 Å². The molecule has 3 atom stereocenters. The Morgan fingerprint density at radius 1 is 0.882 bits per heavy atom. The van der Waals surface area contributed by atoms with Gasteiger partial charge in [0.05, 0.1) is 22.9 Å². The van der Waals surface area contributed by atoms with Crippen molar-refractivity contribution in [2.24, 2.45) is 5.92 Å². The van der Waals surface area contributed by atoms with Gasteiger partial charge in [0.15, 0.2) is 6.10 Å². The number of anilines is 2. The molecule has 6 nitrogen and oxygen atoms in total. The van der Waals surface area contributed by atoms with Gasteiger partial charge in [-0.15, -0.1) is 0 Å². The van der Waals surface area contributed by atoms with Crippen LogP contribution in [-0.2, 0) is 14.4 Å². The number of hydrogen-bond acceptors (Lipinski definition) is 5. The normalized spacial score (nSPS) is 22.0. The summed E-state index contributed by atoms with van der Waals surface area (Å²) in [7, 11) is 0. The highest BCUT2D eigenvalue weighted by atomic mass is 35.5. The summed E-state index contributed by atoms with van der Waals surface area (Å²) in [5, 5.41) is 2.81. The molecule has 3 heterocycles. The predicted molar refractivity (Wildman–Crippen MR) is 130 cm³/mol. The lowest BCUT2D eigenvalue weighted by Gasteiger charge is -2.29. The van der Waals surface area contributed by atoms with Crippen molar-refractivity contribution in [2.75, 3.05) is 9.96 Å². The molecule has 3 aromatic carbocycles. The van der Waals surface area contributed by atoms with Gasteiger partial charge in [-0.3, -0.25) is 14.4 Å². The number of aromatic nitrogens is 1. The van der Waals surface area contributed by atoms with E-state index in [9.17, 15) is 9.59 Å². The zero-order chi connectivity index (χ0) is 23.4. The SMILES string of the molecule is Cc1ccccc1N1C(=O)[C@H]2[C@H](ON(c3ccccc3)[C@@H]2c2cc3ccccc3nc2Cl)C1=O. The predicted octanol–water partition coefficient (Wildman–Crippen LogP) is 5.25. The lowest BCUT2D eigenvalue weighted by atomic mass is 9.90. The highest BCUT2D eigenvalue weighted by molar-refractivity contribution is 6.31. The molecule has 168 valence electrons. The number of rotatable bonds is 3. The number of carbonyl (C=O) groups excluding carboxylic acids is 2. The first-order chi connectivity index (χ1) is 16.5. The molecule has 6 rings (SSSR count). The van der Waals surface area contributed by atoms with E-state index in [0.717, 1.165) is 22.2 Å². The molecule has 0 spiro atoms. The van der Waals surface area contributed by atoms with Crippen LogP contribution in [0.15, 0.2) is 84.9 Å². The quantitative estimate of drug-likeness (QED) is 0.303. The van der Waals surface area contributed by atoms with Crippen molar-refractivity contribution in [2.45, 2.75) is 19.1 Å². The Hall–Kier alpha value is -3.74. The molecule has 2 saturated heterocycles. The van der Waals surface area contributed by atoms with E-state index < -0.39 is 18.1 Å². The number of hydroxylamine groups is 1. The van der Waals surface area contributed by atoms with E-state index in [2.05, 4.69) is 4.98 Å². The molecular formula is C27H20ClN3O3. The standard InChI is InChI=1S/C27H20ClN3O3/c1-16-9-5-8-14-21(16)30-26(32)22-23(19-15-17-10-6-7-13-20(17)29-25(19)28)31(34-24(22)27(30)33)18-11-3-2-4-12-18/h2-15,22-24H,1H3/t22-,23-,24+/m1/s1. The van der Waals surface area contributed by atoms with Crippen molar-refractivity contribution in [3.8, 4) is 0 Å². The first-order valence-corrected chi connectivity index (χ1v) is 11.4. The topological polar surface area (TPSA) is 62.7 Å². The fourth-order valence-electron chi connectivity index (χ4n) is 4.90. The highest BCUT2D eigenvalue weighted by Crippen LogP contribution is 2.49. The number of benzene rings is 3. The molecule has 0 unspecified atom stereocenters. The fraction of sp³-hybridized carbons (Fsp3) is 0.148. The average Bonchev–Trinajstić information content (AvgIpc) is 3.35. The third-order valence-corrected chi connectivity index (χ3v) is 6.81. The van der Waals surface area contributed by atoms with Crippen LogP contribution in [0.5, 0.6) is 0 Å². The summed E-state index contributed by atoms with van der Waals surface area (Å²) >= 11 is 6.69. The van der Waals surface area contributed by atoms with E-state index >= 15 is 0 Å².